The van der Waals surface area contributed by atoms with Crippen molar-refractivity contribution in [2.24, 2.45) is 0 Å². The zero-order valence-corrected chi connectivity index (χ0v) is 17.6. The second-order valence-electron chi connectivity index (χ2n) is 6.51. The van der Waals surface area contributed by atoms with E-state index in [0.29, 0.717) is 24.3 Å². The van der Waals surface area contributed by atoms with Crippen molar-refractivity contribution in [3.05, 3.63) is 48.0 Å². The molecule has 28 heavy (non-hydrogen) atoms. The number of nitrogens with one attached hydrogen (secondary N) is 1. The van der Waals surface area contributed by atoms with Gasteiger partial charge in [0.05, 0.1) is 7.11 Å². The molecule has 0 aliphatic carbocycles. The Morgan fingerprint density at radius 3 is 2.36 bits per heavy atom. The number of hydrogen-bond donors (Lipinski definition) is 1. The minimum atomic E-state index is -3.68. The van der Waals surface area contributed by atoms with Crippen molar-refractivity contribution < 1.29 is 17.9 Å². The third-order valence-corrected chi connectivity index (χ3v) is 7.37. The highest BCUT2D eigenvalue weighted by atomic mass is 32.2. The van der Waals surface area contributed by atoms with E-state index < -0.39 is 10.0 Å². The minimum absolute atomic E-state index is 0.0763. The van der Waals surface area contributed by atoms with Crippen LogP contribution in [0, 0.1) is 0 Å². The fourth-order valence-corrected chi connectivity index (χ4v) is 5.25. The molecule has 1 amide bonds. The maximum Gasteiger partial charge on any atom is 0.255 e. The molecule has 1 heterocycles. The molecule has 0 aromatic heterocycles. The Balaban J connectivity index is 1.86. The molecule has 1 N–H and O–H groups in total. The molecule has 0 spiro atoms. The van der Waals surface area contributed by atoms with Crippen molar-refractivity contribution in [2.45, 2.75) is 29.1 Å². The summed E-state index contributed by atoms with van der Waals surface area (Å²) in [5.74, 6) is -0.0213. The van der Waals surface area contributed by atoms with Crippen LogP contribution in [0.3, 0.4) is 0 Å². The Hall–Kier alpha value is -2.03. The van der Waals surface area contributed by atoms with Crippen LogP contribution in [0.2, 0.25) is 0 Å². The standard InChI is InChI=1S/C20H24N2O4S2/c1-26-18-11-8-16(21-20(23)15-6-9-17(27-2)10-7-15)14-19(18)28(24,25)22-12-4-3-5-13-22/h6-11,14H,3-5,12-13H2,1-2H3,(H,21,23). The number of methoxy groups -OCH3 is 1. The number of nitrogens with zero attached hydrogens (tertiary/aromatic N) is 1. The summed E-state index contributed by atoms with van der Waals surface area (Å²) in [5.41, 5.74) is 0.921. The van der Waals surface area contributed by atoms with Gasteiger partial charge >= 0.3 is 0 Å². The van der Waals surface area contributed by atoms with Crippen LogP contribution in [0.15, 0.2) is 52.3 Å². The van der Waals surface area contributed by atoms with Crippen LogP contribution in [0.1, 0.15) is 29.6 Å². The first-order chi connectivity index (χ1) is 13.5. The highest BCUT2D eigenvalue weighted by Gasteiger charge is 2.29. The SMILES string of the molecule is COc1ccc(NC(=O)c2ccc(SC)cc2)cc1S(=O)(=O)N1CCCCC1. The van der Waals surface area contributed by atoms with E-state index in [1.165, 1.54) is 17.5 Å². The lowest BCUT2D eigenvalue weighted by Crippen LogP contribution is -2.35. The lowest BCUT2D eigenvalue weighted by molar-refractivity contribution is 0.102. The fourth-order valence-electron chi connectivity index (χ4n) is 3.15. The van der Waals surface area contributed by atoms with Crippen molar-refractivity contribution in [1.82, 2.24) is 4.31 Å². The summed E-state index contributed by atoms with van der Waals surface area (Å²) in [6.45, 7) is 1.01. The van der Waals surface area contributed by atoms with Gasteiger partial charge in [0.1, 0.15) is 10.6 Å². The van der Waals surface area contributed by atoms with Crippen LogP contribution in [-0.2, 0) is 10.0 Å². The monoisotopic (exact) mass is 420 g/mol. The second kappa shape index (κ2) is 8.98. The molecule has 1 fully saturated rings. The zero-order chi connectivity index (χ0) is 20.1. The summed E-state index contributed by atoms with van der Waals surface area (Å²) in [7, 11) is -2.24. The molecule has 0 radical (unpaired) electrons. The number of carbonyl (C=O) groups excluding carboxylic acids is 1. The number of ether oxygens (including phenoxy) is 1. The summed E-state index contributed by atoms with van der Waals surface area (Å²) in [4.78, 5) is 13.7. The highest BCUT2D eigenvalue weighted by Crippen LogP contribution is 2.31. The lowest BCUT2D eigenvalue weighted by Gasteiger charge is -2.26. The van der Waals surface area contributed by atoms with Crippen LogP contribution in [0.25, 0.3) is 0 Å². The number of piperidine rings is 1. The summed E-state index contributed by atoms with van der Waals surface area (Å²) < 4.78 is 32.9. The number of rotatable bonds is 6. The van der Waals surface area contributed by atoms with Gasteiger partial charge in [-0.25, -0.2) is 8.42 Å². The van der Waals surface area contributed by atoms with Gasteiger partial charge in [0.15, 0.2) is 0 Å². The predicted octanol–water partition coefficient (Wildman–Crippen LogP) is 3.84. The topological polar surface area (TPSA) is 75.7 Å². The minimum Gasteiger partial charge on any atom is -0.495 e. The van der Waals surface area contributed by atoms with Gasteiger partial charge in [-0.2, -0.15) is 4.31 Å². The number of benzene rings is 2. The lowest BCUT2D eigenvalue weighted by atomic mass is 10.2. The molecule has 1 aliphatic heterocycles. The maximum atomic E-state index is 13.1. The van der Waals surface area contributed by atoms with Crippen LogP contribution >= 0.6 is 11.8 Å². The summed E-state index contributed by atoms with van der Waals surface area (Å²) >= 11 is 1.60. The summed E-state index contributed by atoms with van der Waals surface area (Å²) in [5, 5.41) is 2.78. The third kappa shape index (κ3) is 4.51. The summed E-state index contributed by atoms with van der Waals surface area (Å²) in [6.07, 6.45) is 4.71. The van der Waals surface area contributed by atoms with Crippen molar-refractivity contribution in [2.75, 3.05) is 31.8 Å². The van der Waals surface area contributed by atoms with Gasteiger partial charge in [0.2, 0.25) is 10.0 Å². The van der Waals surface area contributed by atoms with Gasteiger partial charge < -0.3 is 10.1 Å². The molecule has 0 unspecified atom stereocenters. The van der Waals surface area contributed by atoms with Crippen LogP contribution in [0.5, 0.6) is 5.75 Å². The maximum absolute atomic E-state index is 13.1. The van der Waals surface area contributed by atoms with E-state index in [-0.39, 0.29) is 16.6 Å². The van der Waals surface area contributed by atoms with E-state index in [4.69, 9.17) is 4.74 Å². The molecule has 8 heteroatoms. The van der Waals surface area contributed by atoms with E-state index in [9.17, 15) is 13.2 Å². The van der Waals surface area contributed by atoms with E-state index in [1.807, 2.05) is 18.4 Å². The molecule has 150 valence electrons. The molecule has 6 nitrogen and oxygen atoms in total. The quantitative estimate of drug-likeness (QED) is 0.719. The molecular weight excluding hydrogens is 396 g/mol. The molecular formula is C20H24N2O4S2. The van der Waals surface area contributed by atoms with Gasteiger partial charge in [-0.05, 0) is 61.6 Å². The largest absolute Gasteiger partial charge is 0.495 e. The molecule has 0 bridgehead atoms. The van der Waals surface area contributed by atoms with Crippen LogP contribution in [-0.4, -0.2) is 45.1 Å². The van der Waals surface area contributed by atoms with Gasteiger partial charge in [0.25, 0.3) is 5.91 Å². The first kappa shape index (κ1) is 20.7. The van der Waals surface area contributed by atoms with E-state index in [2.05, 4.69) is 5.32 Å². The third-order valence-electron chi connectivity index (χ3n) is 4.71. The Morgan fingerprint density at radius 2 is 1.75 bits per heavy atom. The molecule has 2 aromatic carbocycles. The van der Waals surface area contributed by atoms with Crippen LogP contribution in [0.4, 0.5) is 5.69 Å². The zero-order valence-electron chi connectivity index (χ0n) is 16.0. The van der Waals surface area contributed by atoms with Gasteiger partial charge in [0, 0.05) is 29.2 Å². The number of carbonyl (C=O) groups is 1. The summed E-state index contributed by atoms with van der Waals surface area (Å²) in [6, 6.07) is 11.9. The van der Waals surface area contributed by atoms with E-state index in [0.717, 1.165) is 24.2 Å². The Bertz CT molecular complexity index is 937. The molecule has 1 saturated heterocycles. The number of amides is 1. The number of anilines is 1. The Labute approximate surface area is 170 Å². The van der Waals surface area contributed by atoms with Crippen molar-refractivity contribution in [3.63, 3.8) is 0 Å². The molecule has 2 aromatic rings. The first-order valence-corrected chi connectivity index (χ1v) is 11.8. The van der Waals surface area contributed by atoms with Gasteiger partial charge in [-0.3, -0.25) is 4.79 Å². The van der Waals surface area contributed by atoms with Crippen LogP contribution < -0.4 is 10.1 Å². The predicted molar refractivity (Wildman–Crippen MR) is 112 cm³/mol. The highest BCUT2D eigenvalue weighted by molar-refractivity contribution is 7.98. The fraction of sp³-hybridized carbons (Fsp3) is 0.350. The first-order valence-electron chi connectivity index (χ1n) is 9.09. The number of sulfonamides is 1. The average Bonchev–Trinajstić information content (AvgIpc) is 2.74. The Kier molecular flexibility index (Phi) is 6.64. The average molecular weight is 421 g/mol. The smallest absolute Gasteiger partial charge is 0.255 e. The van der Waals surface area contributed by atoms with Gasteiger partial charge in [-0.15, -0.1) is 11.8 Å². The second-order valence-corrected chi connectivity index (χ2v) is 9.30. The molecule has 0 saturated carbocycles. The van der Waals surface area contributed by atoms with Crippen molar-refractivity contribution >= 4 is 33.4 Å². The van der Waals surface area contributed by atoms with Crippen molar-refractivity contribution in [1.29, 1.82) is 0 Å². The Morgan fingerprint density at radius 1 is 1.07 bits per heavy atom. The molecule has 3 rings (SSSR count). The normalized spacial score (nSPS) is 15.2. The molecule has 0 atom stereocenters. The number of hydrogen-bond acceptors (Lipinski definition) is 5. The van der Waals surface area contributed by atoms with Crippen molar-refractivity contribution in [3.8, 4) is 5.75 Å². The molecule has 1 aliphatic rings. The number of thioether (sulfide) groups is 1. The van der Waals surface area contributed by atoms with E-state index in [1.54, 1.807) is 36.0 Å². The van der Waals surface area contributed by atoms with E-state index >= 15 is 0 Å². The van der Waals surface area contributed by atoms with Gasteiger partial charge in [-0.1, -0.05) is 6.42 Å².